The molecule has 0 fully saturated rings. The Balaban J connectivity index is 2.54. The zero-order chi connectivity index (χ0) is 9.97. The fraction of sp³-hybridized carbons (Fsp3) is 0.0909. The molecule has 0 saturated heterocycles. The van der Waals surface area contributed by atoms with E-state index in [1.165, 1.54) is 17.0 Å². The van der Waals surface area contributed by atoms with Crippen LogP contribution in [0.3, 0.4) is 0 Å². The summed E-state index contributed by atoms with van der Waals surface area (Å²) >= 11 is 0. The second-order valence-electron chi connectivity index (χ2n) is 3.09. The quantitative estimate of drug-likeness (QED) is 0.675. The highest BCUT2D eigenvalue weighted by Crippen LogP contribution is 2.12. The SMILES string of the molecule is Cn1cnc(-c2ccccc2)cc1=O. The number of aromatic nitrogens is 2. The fourth-order valence-electron chi connectivity index (χ4n) is 1.23. The number of benzene rings is 1. The molecule has 0 radical (unpaired) electrons. The van der Waals surface area contributed by atoms with Gasteiger partial charge in [0.1, 0.15) is 0 Å². The summed E-state index contributed by atoms with van der Waals surface area (Å²) < 4.78 is 1.45. The highest BCUT2D eigenvalue weighted by Gasteiger charge is 1.99. The van der Waals surface area contributed by atoms with E-state index in [0.717, 1.165) is 5.56 Å². The Morgan fingerprint density at radius 1 is 1.21 bits per heavy atom. The molecule has 0 aliphatic carbocycles. The largest absolute Gasteiger partial charge is 0.302 e. The molecule has 1 aromatic carbocycles. The Hall–Kier alpha value is -1.90. The Morgan fingerprint density at radius 2 is 1.93 bits per heavy atom. The first-order valence-corrected chi connectivity index (χ1v) is 4.35. The van der Waals surface area contributed by atoms with E-state index in [0.29, 0.717) is 5.69 Å². The third-order valence-corrected chi connectivity index (χ3v) is 2.05. The van der Waals surface area contributed by atoms with Crippen LogP contribution in [-0.4, -0.2) is 9.55 Å². The minimum absolute atomic E-state index is 0.0427. The predicted molar refractivity (Wildman–Crippen MR) is 54.9 cm³/mol. The van der Waals surface area contributed by atoms with E-state index in [2.05, 4.69) is 4.98 Å². The lowest BCUT2D eigenvalue weighted by Crippen LogP contribution is -2.15. The van der Waals surface area contributed by atoms with E-state index in [9.17, 15) is 4.79 Å². The van der Waals surface area contributed by atoms with E-state index in [4.69, 9.17) is 0 Å². The predicted octanol–water partition coefficient (Wildman–Crippen LogP) is 1.45. The van der Waals surface area contributed by atoms with Crippen molar-refractivity contribution in [3.8, 4) is 11.3 Å². The molecular formula is C11H10N2O. The molecule has 0 amide bonds. The van der Waals surface area contributed by atoms with Crippen molar-refractivity contribution in [2.24, 2.45) is 7.05 Å². The molecule has 14 heavy (non-hydrogen) atoms. The van der Waals surface area contributed by atoms with Crippen LogP contribution in [0.1, 0.15) is 0 Å². The third-order valence-electron chi connectivity index (χ3n) is 2.05. The minimum atomic E-state index is -0.0427. The van der Waals surface area contributed by atoms with Crippen LogP contribution in [0.25, 0.3) is 11.3 Å². The lowest BCUT2D eigenvalue weighted by atomic mass is 10.1. The van der Waals surface area contributed by atoms with Gasteiger partial charge in [-0.25, -0.2) is 4.98 Å². The van der Waals surface area contributed by atoms with Gasteiger partial charge in [0.15, 0.2) is 0 Å². The summed E-state index contributed by atoms with van der Waals surface area (Å²) in [5.74, 6) is 0. The topological polar surface area (TPSA) is 34.9 Å². The van der Waals surface area contributed by atoms with Gasteiger partial charge in [-0.2, -0.15) is 0 Å². The van der Waals surface area contributed by atoms with Crippen LogP contribution in [-0.2, 0) is 7.05 Å². The van der Waals surface area contributed by atoms with Gasteiger partial charge in [0.05, 0.1) is 12.0 Å². The fourth-order valence-corrected chi connectivity index (χ4v) is 1.23. The zero-order valence-corrected chi connectivity index (χ0v) is 7.84. The second-order valence-corrected chi connectivity index (χ2v) is 3.09. The van der Waals surface area contributed by atoms with Crippen molar-refractivity contribution in [2.45, 2.75) is 0 Å². The molecule has 2 aromatic rings. The van der Waals surface area contributed by atoms with Gasteiger partial charge in [0.2, 0.25) is 0 Å². The van der Waals surface area contributed by atoms with Crippen LogP contribution in [0.5, 0.6) is 0 Å². The summed E-state index contributed by atoms with van der Waals surface area (Å²) in [7, 11) is 1.68. The van der Waals surface area contributed by atoms with Crippen molar-refractivity contribution in [3.63, 3.8) is 0 Å². The van der Waals surface area contributed by atoms with Crippen molar-refractivity contribution < 1.29 is 0 Å². The number of hydrogen-bond acceptors (Lipinski definition) is 2. The van der Waals surface area contributed by atoms with Gasteiger partial charge in [-0.1, -0.05) is 30.3 Å². The van der Waals surface area contributed by atoms with Gasteiger partial charge in [0.25, 0.3) is 5.56 Å². The first kappa shape index (κ1) is 8.69. The van der Waals surface area contributed by atoms with Crippen molar-refractivity contribution in [1.29, 1.82) is 0 Å². The van der Waals surface area contributed by atoms with Crippen molar-refractivity contribution >= 4 is 0 Å². The van der Waals surface area contributed by atoms with Gasteiger partial charge in [-0.3, -0.25) is 4.79 Å². The van der Waals surface area contributed by atoms with E-state index in [-0.39, 0.29) is 5.56 Å². The summed E-state index contributed by atoms with van der Waals surface area (Å²) in [6.45, 7) is 0. The minimum Gasteiger partial charge on any atom is -0.302 e. The molecular weight excluding hydrogens is 176 g/mol. The van der Waals surface area contributed by atoms with E-state index < -0.39 is 0 Å². The lowest BCUT2D eigenvalue weighted by Gasteiger charge is -2.00. The summed E-state index contributed by atoms with van der Waals surface area (Å²) in [6, 6.07) is 11.2. The molecule has 0 spiro atoms. The monoisotopic (exact) mass is 186 g/mol. The van der Waals surface area contributed by atoms with E-state index in [1.54, 1.807) is 7.05 Å². The first-order chi connectivity index (χ1) is 6.77. The van der Waals surface area contributed by atoms with Gasteiger partial charge in [-0.15, -0.1) is 0 Å². The molecule has 70 valence electrons. The molecule has 0 N–H and O–H groups in total. The molecule has 3 heteroatoms. The standard InChI is InChI=1S/C11H10N2O/c1-13-8-12-10(7-11(13)14)9-5-3-2-4-6-9/h2-8H,1H3. The van der Waals surface area contributed by atoms with Crippen molar-refractivity contribution in [3.05, 3.63) is 53.1 Å². The summed E-state index contributed by atoms with van der Waals surface area (Å²) in [4.78, 5) is 15.5. The normalized spacial score (nSPS) is 10.1. The highest BCUT2D eigenvalue weighted by molar-refractivity contribution is 5.57. The summed E-state index contributed by atoms with van der Waals surface area (Å²) in [5, 5.41) is 0. The third kappa shape index (κ3) is 1.57. The molecule has 0 aliphatic heterocycles. The van der Waals surface area contributed by atoms with Gasteiger partial charge < -0.3 is 4.57 Å². The van der Waals surface area contributed by atoms with Gasteiger partial charge in [0, 0.05) is 18.7 Å². The maximum Gasteiger partial charge on any atom is 0.253 e. The Kier molecular flexibility index (Phi) is 2.14. The number of aryl methyl sites for hydroxylation is 1. The maximum atomic E-state index is 11.3. The second kappa shape index (κ2) is 3.46. The number of nitrogens with zero attached hydrogens (tertiary/aromatic N) is 2. The van der Waals surface area contributed by atoms with Crippen LogP contribution < -0.4 is 5.56 Å². The molecule has 0 bridgehead atoms. The molecule has 0 atom stereocenters. The zero-order valence-electron chi connectivity index (χ0n) is 7.84. The average Bonchev–Trinajstić information content (AvgIpc) is 2.23. The van der Waals surface area contributed by atoms with Crippen LogP contribution in [0.4, 0.5) is 0 Å². The average molecular weight is 186 g/mol. The molecule has 0 saturated carbocycles. The Bertz CT molecular complexity index is 488. The molecule has 2 rings (SSSR count). The summed E-state index contributed by atoms with van der Waals surface area (Å²) in [6.07, 6.45) is 1.53. The van der Waals surface area contributed by atoms with Gasteiger partial charge >= 0.3 is 0 Å². The molecule has 1 heterocycles. The number of rotatable bonds is 1. The Morgan fingerprint density at radius 3 is 2.57 bits per heavy atom. The van der Waals surface area contributed by atoms with Crippen LogP contribution in [0.15, 0.2) is 47.5 Å². The molecule has 1 aromatic heterocycles. The first-order valence-electron chi connectivity index (χ1n) is 4.35. The van der Waals surface area contributed by atoms with E-state index in [1.807, 2.05) is 30.3 Å². The lowest BCUT2D eigenvalue weighted by molar-refractivity contribution is 0.826. The van der Waals surface area contributed by atoms with Gasteiger partial charge in [-0.05, 0) is 0 Å². The molecule has 3 nitrogen and oxygen atoms in total. The molecule has 0 unspecified atom stereocenters. The highest BCUT2D eigenvalue weighted by atomic mass is 16.1. The van der Waals surface area contributed by atoms with E-state index >= 15 is 0 Å². The maximum absolute atomic E-state index is 11.3. The molecule has 0 aliphatic rings. The van der Waals surface area contributed by atoms with Crippen LogP contribution in [0.2, 0.25) is 0 Å². The van der Waals surface area contributed by atoms with Crippen molar-refractivity contribution in [2.75, 3.05) is 0 Å². The Labute approximate surface area is 81.7 Å². The van der Waals surface area contributed by atoms with Crippen LogP contribution in [0, 0.1) is 0 Å². The summed E-state index contributed by atoms with van der Waals surface area (Å²) in [5.41, 5.74) is 1.64. The van der Waals surface area contributed by atoms with Crippen LogP contribution >= 0.6 is 0 Å². The number of hydrogen-bond donors (Lipinski definition) is 0. The van der Waals surface area contributed by atoms with Crippen molar-refractivity contribution in [1.82, 2.24) is 9.55 Å². The smallest absolute Gasteiger partial charge is 0.253 e.